The van der Waals surface area contributed by atoms with Crippen molar-refractivity contribution in [1.82, 2.24) is 15.3 Å². The maximum Gasteiger partial charge on any atom is 0.224 e. The van der Waals surface area contributed by atoms with Crippen molar-refractivity contribution in [3.8, 4) is 0 Å². The van der Waals surface area contributed by atoms with E-state index >= 15 is 0 Å². The van der Waals surface area contributed by atoms with Crippen LogP contribution in [0.5, 0.6) is 0 Å². The van der Waals surface area contributed by atoms with Crippen LogP contribution in [0.15, 0.2) is 36.5 Å². The van der Waals surface area contributed by atoms with E-state index in [1.54, 1.807) is 6.20 Å². The molecule has 1 amide bonds. The highest BCUT2D eigenvalue weighted by Crippen LogP contribution is 2.16. The molecule has 1 saturated heterocycles. The van der Waals surface area contributed by atoms with Crippen molar-refractivity contribution in [3.63, 3.8) is 0 Å². The van der Waals surface area contributed by atoms with Gasteiger partial charge in [0.05, 0.1) is 13.0 Å². The minimum atomic E-state index is -0.00854. The van der Waals surface area contributed by atoms with Gasteiger partial charge in [-0.2, -0.15) is 0 Å². The predicted molar refractivity (Wildman–Crippen MR) is 90.2 cm³/mol. The Morgan fingerprint density at radius 1 is 1.26 bits per heavy atom. The molecule has 5 heteroatoms. The Bertz CT molecular complexity index is 680. The fourth-order valence-electron chi connectivity index (χ4n) is 2.84. The molecule has 1 aliphatic heterocycles. The van der Waals surface area contributed by atoms with Crippen molar-refractivity contribution in [3.05, 3.63) is 53.5 Å². The molecule has 2 heterocycles. The van der Waals surface area contributed by atoms with Crippen molar-refractivity contribution >= 4 is 11.7 Å². The molecule has 1 aliphatic rings. The van der Waals surface area contributed by atoms with Gasteiger partial charge in [-0.3, -0.25) is 4.79 Å². The monoisotopic (exact) mass is 310 g/mol. The standard InChI is InChI=1S/C18H22N4O/c1-14-5-4-6-15(11-14)12-18(23)20-13-16-19-8-7-17(21-16)22-9-2-3-10-22/h4-8,11H,2-3,9-10,12-13H2,1H3,(H,20,23). The molecular weight excluding hydrogens is 288 g/mol. The van der Waals surface area contributed by atoms with Gasteiger partial charge >= 0.3 is 0 Å². The molecule has 23 heavy (non-hydrogen) atoms. The van der Waals surface area contributed by atoms with E-state index < -0.39 is 0 Å². The van der Waals surface area contributed by atoms with Gasteiger partial charge in [0.25, 0.3) is 0 Å². The van der Waals surface area contributed by atoms with E-state index in [9.17, 15) is 4.79 Å². The van der Waals surface area contributed by atoms with E-state index in [1.165, 1.54) is 12.8 Å². The largest absolute Gasteiger partial charge is 0.357 e. The number of carbonyl (C=O) groups excluding carboxylic acids is 1. The van der Waals surface area contributed by atoms with E-state index in [4.69, 9.17) is 0 Å². The van der Waals surface area contributed by atoms with E-state index in [2.05, 4.69) is 20.2 Å². The Morgan fingerprint density at radius 2 is 2.09 bits per heavy atom. The van der Waals surface area contributed by atoms with Crippen LogP contribution in [0.2, 0.25) is 0 Å². The summed E-state index contributed by atoms with van der Waals surface area (Å²) in [6, 6.07) is 9.93. The van der Waals surface area contributed by atoms with Crippen LogP contribution in [0.25, 0.3) is 0 Å². The molecule has 1 aromatic carbocycles. The molecule has 0 bridgehead atoms. The lowest BCUT2D eigenvalue weighted by Gasteiger charge is -2.16. The normalized spacial score (nSPS) is 14.0. The fourth-order valence-corrected chi connectivity index (χ4v) is 2.84. The Kier molecular flexibility index (Phi) is 4.86. The molecule has 1 fully saturated rings. The summed E-state index contributed by atoms with van der Waals surface area (Å²) < 4.78 is 0. The number of aromatic nitrogens is 2. The number of hydrogen-bond donors (Lipinski definition) is 1. The quantitative estimate of drug-likeness (QED) is 0.920. The number of nitrogens with one attached hydrogen (secondary N) is 1. The summed E-state index contributed by atoms with van der Waals surface area (Å²) in [6.07, 6.45) is 4.58. The first-order valence-electron chi connectivity index (χ1n) is 8.10. The number of hydrogen-bond acceptors (Lipinski definition) is 4. The Hall–Kier alpha value is -2.43. The molecule has 0 spiro atoms. The molecule has 2 aromatic rings. The Morgan fingerprint density at radius 3 is 2.87 bits per heavy atom. The van der Waals surface area contributed by atoms with E-state index in [1.807, 2.05) is 37.3 Å². The molecular formula is C18H22N4O. The summed E-state index contributed by atoms with van der Waals surface area (Å²) >= 11 is 0. The second kappa shape index (κ2) is 7.22. The van der Waals surface area contributed by atoms with Gasteiger partial charge in [-0.25, -0.2) is 9.97 Å². The second-order valence-electron chi connectivity index (χ2n) is 5.97. The number of rotatable bonds is 5. The number of aryl methyl sites for hydroxylation is 1. The van der Waals surface area contributed by atoms with Gasteiger partial charge in [0.2, 0.25) is 5.91 Å². The van der Waals surface area contributed by atoms with Gasteiger partial charge in [-0.05, 0) is 31.4 Å². The zero-order chi connectivity index (χ0) is 16.1. The third-order valence-corrected chi connectivity index (χ3v) is 4.01. The fraction of sp³-hybridized carbons (Fsp3) is 0.389. The number of amides is 1. The summed E-state index contributed by atoms with van der Waals surface area (Å²) in [6.45, 7) is 4.50. The molecule has 0 radical (unpaired) electrons. The van der Waals surface area contributed by atoms with Gasteiger partial charge in [0.1, 0.15) is 11.6 Å². The zero-order valence-corrected chi connectivity index (χ0v) is 13.5. The molecule has 3 rings (SSSR count). The van der Waals surface area contributed by atoms with Crippen molar-refractivity contribution in [2.24, 2.45) is 0 Å². The van der Waals surface area contributed by atoms with Gasteiger partial charge in [-0.15, -0.1) is 0 Å². The lowest BCUT2D eigenvalue weighted by molar-refractivity contribution is -0.120. The van der Waals surface area contributed by atoms with Gasteiger partial charge < -0.3 is 10.2 Å². The van der Waals surface area contributed by atoms with E-state index in [0.717, 1.165) is 30.0 Å². The smallest absolute Gasteiger partial charge is 0.224 e. The summed E-state index contributed by atoms with van der Waals surface area (Å²) in [7, 11) is 0. The minimum Gasteiger partial charge on any atom is -0.357 e. The van der Waals surface area contributed by atoms with Crippen LogP contribution in [0.3, 0.4) is 0 Å². The SMILES string of the molecule is Cc1cccc(CC(=O)NCc2nccc(N3CCCC3)n2)c1. The average Bonchev–Trinajstić information content (AvgIpc) is 3.08. The summed E-state index contributed by atoms with van der Waals surface area (Å²) in [5, 5.41) is 2.90. The van der Waals surface area contributed by atoms with Crippen LogP contribution in [-0.2, 0) is 17.8 Å². The third-order valence-electron chi connectivity index (χ3n) is 4.01. The average molecular weight is 310 g/mol. The number of benzene rings is 1. The van der Waals surface area contributed by atoms with Crippen molar-refractivity contribution in [2.75, 3.05) is 18.0 Å². The number of carbonyl (C=O) groups is 1. The minimum absolute atomic E-state index is 0.00854. The molecule has 0 unspecified atom stereocenters. The molecule has 0 saturated carbocycles. The molecule has 0 aliphatic carbocycles. The summed E-state index contributed by atoms with van der Waals surface area (Å²) in [4.78, 5) is 23.1. The highest BCUT2D eigenvalue weighted by Gasteiger charge is 2.14. The Balaban J connectivity index is 1.55. The van der Waals surface area contributed by atoms with Gasteiger partial charge in [0, 0.05) is 19.3 Å². The van der Waals surface area contributed by atoms with Crippen LogP contribution in [0, 0.1) is 6.92 Å². The first-order valence-corrected chi connectivity index (χ1v) is 8.10. The maximum absolute atomic E-state index is 12.1. The van der Waals surface area contributed by atoms with Crippen LogP contribution < -0.4 is 10.2 Å². The van der Waals surface area contributed by atoms with E-state index in [0.29, 0.717) is 18.8 Å². The van der Waals surface area contributed by atoms with Gasteiger partial charge in [0.15, 0.2) is 0 Å². The molecule has 1 N–H and O–H groups in total. The Labute approximate surface area is 136 Å². The highest BCUT2D eigenvalue weighted by molar-refractivity contribution is 5.78. The lowest BCUT2D eigenvalue weighted by atomic mass is 10.1. The molecule has 1 aromatic heterocycles. The highest BCUT2D eigenvalue weighted by atomic mass is 16.1. The molecule has 0 atom stereocenters. The zero-order valence-electron chi connectivity index (χ0n) is 13.5. The van der Waals surface area contributed by atoms with Crippen LogP contribution in [0.4, 0.5) is 5.82 Å². The first-order chi connectivity index (χ1) is 11.2. The van der Waals surface area contributed by atoms with Crippen molar-refractivity contribution in [2.45, 2.75) is 32.7 Å². The van der Waals surface area contributed by atoms with Crippen LogP contribution in [0.1, 0.15) is 29.8 Å². The third kappa shape index (κ3) is 4.28. The van der Waals surface area contributed by atoms with Crippen molar-refractivity contribution in [1.29, 1.82) is 0 Å². The lowest BCUT2D eigenvalue weighted by Crippen LogP contribution is -2.26. The summed E-state index contributed by atoms with van der Waals surface area (Å²) in [5.41, 5.74) is 2.19. The van der Waals surface area contributed by atoms with Crippen LogP contribution >= 0.6 is 0 Å². The van der Waals surface area contributed by atoms with Crippen LogP contribution in [-0.4, -0.2) is 29.0 Å². The topological polar surface area (TPSA) is 58.1 Å². The first kappa shape index (κ1) is 15.5. The van der Waals surface area contributed by atoms with Gasteiger partial charge in [-0.1, -0.05) is 29.8 Å². The number of nitrogens with zero attached hydrogens (tertiary/aromatic N) is 3. The summed E-state index contributed by atoms with van der Waals surface area (Å²) in [5.74, 6) is 1.61. The predicted octanol–water partition coefficient (Wildman–Crippen LogP) is 2.24. The number of anilines is 1. The van der Waals surface area contributed by atoms with Crippen molar-refractivity contribution < 1.29 is 4.79 Å². The maximum atomic E-state index is 12.1. The molecule has 5 nitrogen and oxygen atoms in total. The molecule has 120 valence electrons. The van der Waals surface area contributed by atoms with E-state index in [-0.39, 0.29) is 5.91 Å². The second-order valence-corrected chi connectivity index (χ2v) is 5.97.